The van der Waals surface area contributed by atoms with Crippen LogP contribution in [0, 0.1) is 11.7 Å². The van der Waals surface area contributed by atoms with Gasteiger partial charge in [0.05, 0.1) is 23.6 Å². The highest BCUT2D eigenvalue weighted by molar-refractivity contribution is 5.92. The number of anilines is 1. The number of rotatable bonds is 5. The van der Waals surface area contributed by atoms with E-state index in [1.807, 2.05) is 52.9 Å². The zero-order chi connectivity index (χ0) is 28.6. The van der Waals surface area contributed by atoms with Gasteiger partial charge in [-0.25, -0.2) is 19.2 Å². The number of hydrogen-bond acceptors (Lipinski definition) is 8. The van der Waals surface area contributed by atoms with Gasteiger partial charge in [0.2, 0.25) is 5.95 Å². The van der Waals surface area contributed by atoms with E-state index in [0.717, 1.165) is 41.6 Å². The Morgan fingerprint density at radius 3 is 2.60 bits per heavy atom. The fourth-order valence-electron chi connectivity index (χ4n) is 5.58. The van der Waals surface area contributed by atoms with Crippen molar-refractivity contribution < 1.29 is 13.9 Å². The second-order valence-corrected chi connectivity index (χ2v) is 11.8. The van der Waals surface area contributed by atoms with Crippen LogP contribution in [-0.2, 0) is 11.8 Å². The quantitative estimate of drug-likeness (QED) is 0.435. The van der Waals surface area contributed by atoms with Crippen LogP contribution < -0.4 is 16.0 Å². The number of nitrogens with zero attached hydrogens (tertiary/aromatic N) is 5. The molecule has 10 nitrogen and oxygen atoms in total. The second kappa shape index (κ2) is 11.1. The van der Waals surface area contributed by atoms with E-state index in [1.165, 1.54) is 6.20 Å². The van der Waals surface area contributed by atoms with Crippen molar-refractivity contribution in [2.24, 2.45) is 13.0 Å². The summed E-state index contributed by atoms with van der Waals surface area (Å²) in [6, 6.07) is 5.90. The first-order valence-electron chi connectivity index (χ1n) is 13.9. The lowest BCUT2D eigenvalue weighted by atomic mass is 9.88. The Labute approximate surface area is 234 Å². The van der Waals surface area contributed by atoms with E-state index in [0.29, 0.717) is 43.1 Å². The fourth-order valence-corrected chi connectivity index (χ4v) is 5.58. The van der Waals surface area contributed by atoms with Gasteiger partial charge in [-0.15, -0.1) is 0 Å². The number of piperazine rings is 1. The van der Waals surface area contributed by atoms with Gasteiger partial charge >= 0.3 is 6.09 Å². The molecule has 2 aromatic heterocycles. The number of piperidine rings is 1. The summed E-state index contributed by atoms with van der Waals surface area (Å²) in [5, 5.41) is 15.9. The van der Waals surface area contributed by atoms with E-state index < -0.39 is 11.4 Å². The van der Waals surface area contributed by atoms with Crippen molar-refractivity contribution in [3.8, 4) is 11.3 Å². The van der Waals surface area contributed by atoms with Crippen LogP contribution in [0.3, 0.4) is 0 Å². The first kappa shape index (κ1) is 28.0. The van der Waals surface area contributed by atoms with Gasteiger partial charge in [0.1, 0.15) is 11.3 Å². The molecule has 2 unspecified atom stereocenters. The van der Waals surface area contributed by atoms with Gasteiger partial charge in [-0.2, -0.15) is 5.10 Å². The van der Waals surface area contributed by atoms with Gasteiger partial charge in [0.25, 0.3) is 0 Å². The Kier molecular flexibility index (Phi) is 7.78. The molecule has 0 saturated carbocycles. The van der Waals surface area contributed by atoms with Crippen molar-refractivity contribution in [1.29, 1.82) is 0 Å². The summed E-state index contributed by atoms with van der Waals surface area (Å²) in [4.78, 5) is 22.9. The van der Waals surface area contributed by atoms with E-state index in [2.05, 4.69) is 37.6 Å². The molecule has 0 aliphatic carbocycles. The maximum Gasteiger partial charge on any atom is 0.410 e. The summed E-state index contributed by atoms with van der Waals surface area (Å²) in [6.07, 6.45) is 2.72. The Balaban J connectivity index is 1.19. The number of allylic oxidation sites excluding steroid dienone is 1. The molecule has 0 bridgehead atoms. The monoisotopic (exact) mass is 550 g/mol. The van der Waals surface area contributed by atoms with Crippen molar-refractivity contribution in [2.75, 3.05) is 31.5 Å². The van der Waals surface area contributed by atoms with Crippen molar-refractivity contribution >= 4 is 28.5 Å². The fraction of sp³-hybridized carbons (Fsp3) is 0.517. The maximum absolute atomic E-state index is 14.9. The minimum absolute atomic E-state index is 0.104. The summed E-state index contributed by atoms with van der Waals surface area (Å²) in [5.41, 5.74) is 3.01. The average Bonchev–Trinajstić information content (AvgIpc) is 3.24. The van der Waals surface area contributed by atoms with E-state index in [9.17, 15) is 9.18 Å². The van der Waals surface area contributed by atoms with Crippen LogP contribution in [0.5, 0.6) is 0 Å². The van der Waals surface area contributed by atoms with Crippen molar-refractivity contribution in [1.82, 2.24) is 35.3 Å². The number of aryl methyl sites for hydroxylation is 1. The van der Waals surface area contributed by atoms with Gasteiger partial charge in [-0.05, 0) is 64.2 Å². The van der Waals surface area contributed by atoms with Crippen LogP contribution in [0.2, 0.25) is 0 Å². The molecule has 3 N–H and O–H groups in total. The molecular formula is C29H39FN8O2. The molecule has 11 heteroatoms. The lowest BCUT2D eigenvalue weighted by Crippen LogP contribution is -2.60. The molecule has 214 valence electrons. The Hall–Kier alpha value is -3.57. The number of hydrogen-bond donors (Lipinski definition) is 3. The third kappa shape index (κ3) is 6.10. The Morgan fingerprint density at radius 2 is 1.95 bits per heavy atom. The van der Waals surface area contributed by atoms with Crippen LogP contribution in [-0.4, -0.2) is 74.7 Å². The zero-order valence-corrected chi connectivity index (χ0v) is 23.9. The number of benzene rings is 1. The number of nitrogens with one attached hydrogen (secondary N) is 3. The minimum atomic E-state index is -0.488. The number of carbonyl (C=O) groups is 1. The van der Waals surface area contributed by atoms with Crippen molar-refractivity contribution in [2.45, 2.75) is 58.3 Å². The standard InChI is InChI=1S/C29H39FN8O2/c1-17(2)26-20-13-19(7-8-22(20)36-37(26)6)25-21(30)14-33-27(35-25)34-24-16-31-23(15-32-24)18-9-11-38(12-10-18)28(39)40-29(3,4)5/h7-8,13-14,18,23-24,31-32H,1,9-12,15-16H2,2-6H3,(H,33,34,35). The number of halogens is 1. The zero-order valence-electron chi connectivity index (χ0n) is 23.9. The minimum Gasteiger partial charge on any atom is -0.444 e. The lowest BCUT2D eigenvalue weighted by Gasteiger charge is -2.40. The number of amides is 1. The maximum atomic E-state index is 14.9. The molecule has 0 spiro atoms. The van der Waals surface area contributed by atoms with E-state index in [1.54, 1.807) is 9.58 Å². The van der Waals surface area contributed by atoms with Crippen molar-refractivity contribution in [3.63, 3.8) is 0 Å². The summed E-state index contributed by atoms with van der Waals surface area (Å²) in [5.74, 6) is 0.330. The summed E-state index contributed by atoms with van der Waals surface area (Å²) < 4.78 is 22.2. The van der Waals surface area contributed by atoms with Gasteiger partial charge in [-0.3, -0.25) is 10.00 Å². The predicted octanol–water partition coefficient (Wildman–Crippen LogP) is 4.15. The molecule has 2 aliphatic rings. The molecule has 1 amide bonds. The van der Waals surface area contributed by atoms with Gasteiger partial charge in [-0.1, -0.05) is 12.6 Å². The number of ether oxygens (including phenoxy) is 1. The van der Waals surface area contributed by atoms with Crippen LogP contribution >= 0.6 is 0 Å². The molecule has 2 fully saturated rings. The molecule has 1 aromatic carbocycles. The third-order valence-corrected chi connectivity index (χ3v) is 7.49. The molecule has 2 atom stereocenters. The van der Waals surface area contributed by atoms with Crippen LogP contribution in [0.1, 0.15) is 46.2 Å². The Bertz CT molecular complexity index is 1400. The SMILES string of the molecule is C=C(C)c1c2cc(-c3nc(NC4CNC(C5CCN(C(=O)OC(C)(C)C)CC5)CN4)ncc3F)ccc2nn1C. The van der Waals surface area contributed by atoms with Crippen molar-refractivity contribution in [3.05, 3.63) is 42.5 Å². The number of likely N-dealkylation sites (tertiary alicyclic amines) is 1. The summed E-state index contributed by atoms with van der Waals surface area (Å²) >= 11 is 0. The highest BCUT2D eigenvalue weighted by atomic mass is 19.1. The Morgan fingerprint density at radius 1 is 1.20 bits per heavy atom. The second-order valence-electron chi connectivity index (χ2n) is 11.8. The average molecular weight is 551 g/mol. The largest absolute Gasteiger partial charge is 0.444 e. The van der Waals surface area contributed by atoms with Gasteiger partial charge in [0.15, 0.2) is 5.82 Å². The molecular weight excluding hydrogens is 511 g/mol. The van der Waals surface area contributed by atoms with E-state index in [4.69, 9.17) is 4.74 Å². The smallest absolute Gasteiger partial charge is 0.410 e. The van der Waals surface area contributed by atoms with E-state index >= 15 is 0 Å². The third-order valence-electron chi connectivity index (χ3n) is 7.49. The molecule has 4 heterocycles. The molecule has 0 radical (unpaired) electrons. The highest BCUT2D eigenvalue weighted by Crippen LogP contribution is 2.30. The van der Waals surface area contributed by atoms with E-state index in [-0.39, 0.29) is 18.0 Å². The lowest BCUT2D eigenvalue weighted by molar-refractivity contribution is 0.0165. The first-order chi connectivity index (χ1) is 19.0. The van der Waals surface area contributed by atoms with Crippen LogP contribution in [0.25, 0.3) is 27.7 Å². The molecule has 2 aliphatic heterocycles. The summed E-state index contributed by atoms with van der Waals surface area (Å²) in [7, 11) is 1.87. The number of carbonyl (C=O) groups excluding carboxylic acids is 1. The van der Waals surface area contributed by atoms with Gasteiger partial charge in [0, 0.05) is 50.2 Å². The molecule has 3 aromatic rings. The molecule has 40 heavy (non-hydrogen) atoms. The first-order valence-corrected chi connectivity index (χ1v) is 13.9. The predicted molar refractivity (Wildman–Crippen MR) is 154 cm³/mol. The number of fused-ring (bicyclic) bond motifs is 1. The number of aromatic nitrogens is 4. The normalized spacial score (nSPS) is 20.5. The summed E-state index contributed by atoms with van der Waals surface area (Å²) in [6.45, 7) is 14.5. The highest BCUT2D eigenvalue weighted by Gasteiger charge is 2.32. The molecule has 5 rings (SSSR count). The topological polar surface area (TPSA) is 109 Å². The van der Waals surface area contributed by atoms with Crippen LogP contribution in [0.15, 0.2) is 31.0 Å². The van der Waals surface area contributed by atoms with Gasteiger partial charge < -0.3 is 20.3 Å². The van der Waals surface area contributed by atoms with Crippen LogP contribution in [0.4, 0.5) is 15.1 Å². The molecule has 2 saturated heterocycles.